The fraction of sp³-hybridized carbons (Fsp3) is 0.435. The first kappa shape index (κ1) is 21.6. The number of benzene rings is 2. The van der Waals surface area contributed by atoms with Crippen LogP contribution in [0.15, 0.2) is 42.5 Å². The molecule has 2 unspecified atom stereocenters. The van der Waals surface area contributed by atoms with Crippen LogP contribution in [0.4, 0.5) is 0 Å². The van der Waals surface area contributed by atoms with Gasteiger partial charge in [-0.15, -0.1) is 0 Å². The van der Waals surface area contributed by atoms with Gasteiger partial charge in [0.05, 0.1) is 0 Å². The molecule has 0 aliphatic carbocycles. The number of ether oxygens (including phenoxy) is 2. The van der Waals surface area contributed by atoms with Gasteiger partial charge in [-0.3, -0.25) is 4.79 Å². The van der Waals surface area contributed by atoms with Gasteiger partial charge in [-0.05, 0) is 38.1 Å². The summed E-state index contributed by atoms with van der Waals surface area (Å²) in [7, 11) is 2.13. The highest BCUT2D eigenvalue weighted by atomic mass is 31.1. The van der Waals surface area contributed by atoms with Crippen molar-refractivity contribution in [3.63, 3.8) is 0 Å². The van der Waals surface area contributed by atoms with E-state index in [0.29, 0.717) is 8.58 Å². The van der Waals surface area contributed by atoms with Crippen LogP contribution in [0, 0.1) is 6.92 Å². The zero-order valence-electron chi connectivity index (χ0n) is 17.1. The van der Waals surface area contributed by atoms with Crippen molar-refractivity contribution in [2.24, 2.45) is 0 Å². The number of aryl methyl sites for hydroxylation is 1. The number of hydrogen-bond acceptors (Lipinski definition) is 3. The SMILES string of the molecule is CCCC(CC)(Pc1ccccc1C(C)=O)c1cc(C)ccc1OCOC. The lowest BCUT2D eigenvalue weighted by molar-refractivity contribution is 0.0499. The molecule has 2 aromatic rings. The Bertz CT molecular complexity index is 772. The van der Waals surface area contributed by atoms with E-state index in [-0.39, 0.29) is 17.7 Å². The van der Waals surface area contributed by atoms with Gasteiger partial charge in [0.2, 0.25) is 0 Å². The minimum Gasteiger partial charge on any atom is -0.467 e. The number of carbonyl (C=O) groups excluding carboxylic acids is 1. The van der Waals surface area contributed by atoms with Crippen LogP contribution < -0.4 is 10.0 Å². The Morgan fingerprint density at radius 1 is 1.15 bits per heavy atom. The molecule has 4 heteroatoms. The van der Waals surface area contributed by atoms with Crippen LogP contribution in [0.1, 0.15) is 61.5 Å². The van der Waals surface area contributed by atoms with Crippen molar-refractivity contribution in [3.8, 4) is 5.75 Å². The first-order valence-corrected chi connectivity index (χ1v) is 10.6. The molecule has 0 saturated carbocycles. The lowest BCUT2D eigenvalue weighted by atomic mass is 9.89. The maximum atomic E-state index is 12.2. The normalized spacial score (nSPS) is 13.7. The van der Waals surface area contributed by atoms with E-state index in [1.807, 2.05) is 24.3 Å². The van der Waals surface area contributed by atoms with E-state index < -0.39 is 0 Å². The number of rotatable bonds is 10. The predicted octanol–water partition coefficient (Wildman–Crippen LogP) is 5.59. The van der Waals surface area contributed by atoms with Crippen molar-refractivity contribution in [1.29, 1.82) is 0 Å². The fourth-order valence-corrected chi connectivity index (χ4v) is 5.54. The van der Waals surface area contributed by atoms with Crippen molar-refractivity contribution in [2.45, 2.75) is 52.1 Å². The highest BCUT2D eigenvalue weighted by Gasteiger charge is 2.34. The van der Waals surface area contributed by atoms with Gasteiger partial charge in [-0.25, -0.2) is 0 Å². The summed E-state index contributed by atoms with van der Waals surface area (Å²) in [6, 6.07) is 14.4. The highest BCUT2D eigenvalue weighted by molar-refractivity contribution is 7.48. The molecular formula is C23H31O3P. The van der Waals surface area contributed by atoms with E-state index in [9.17, 15) is 4.79 Å². The van der Waals surface area contributed by atoms with Crippen molar-refractivity contribution >= 4 is 19.7 Å². The third-order valence-electron chi connectivity index (χ3n) is 4.94. The maximum Gasteiger partial charge on any atom is 0.188 e. The van der Waals surface area contributed by atoms with Gasteiger partial charge in [0, 0.05) is 23.4 Å². The van der Waals surface area contributed by atoms with E-state index >= 15 is 0 Å². The molecule has 0 spiro atoms. The van der Waals surface area contributed by atoms with Gasteiger partial charge < -0.3 is 9.47 Å². The van der Waals surface area contributed by atoms with Crippen LogP contribution in [-0.2, 0) is 9.89 Å². The van der Waals surface area contributed by atoms with E-state index in [0.717, 1.165) is 35.9 Å². The molecule has 0 bridgehead atoms. The molecule has 2 rings (SSSR count). The van der Waals surface area contributed by atoms with Crippen LogP contribution >= 0.6 is 8.58 Å². The molecule has 2 aromatic carbocycles. The summed E-state index contributed by atoms with van der Waals surface area (Å²) < 4.78 is 11.1. The minimum atomic E-state index is -0.0601. The van der Waals surface area contributed by atoms with Crippen molar-refractivity contribution < 1.29 is 14.3 Å². The van der Waals surface area contributed by atoms with Gasteiger partial charge in [0.1, 0.15) is 5.75 Å². The van der Waals surface area contributed by atoms with Crippen molar-refractivity contribution in [2.75, 3.05) is 13.9 Å². The summed E-state index contributed by atoms with van der Waals surface area (Å²) >= 11 is 0. The van der Waals surface area contributed by atoms with Crippen LogP contribution in [0.25, 0.3) is 0 Å². The van der Waals surface area contributed by atoms with Gasteiger partial charge in [0.25, 0.3) is 0 Å². The van der Waals surface area contributed by atoms with Gasteiger partial charge in [-0.1, -0.05) is 70.8 Å². The largest absolute Gasteiger partial charge is 0.467 e. The van der Waals surface area contributed by atoms with E-state index in [2.05, 4.69) is 39.0 Å². The topological polar surface area (TPSA) is 35.5 Å². The molecule has 0 aromatic heterocycles. The Morgan fingerprint density at radius 3 is 2.52 bits per heavy atom. The van der Waals surface area contributed by atoms with Crippen LogP contribution in [-0.4, -0.2) is 19.7 Å². The molecule has 0 aliphatic heterocycles. The second kappa shape index (κ2) is 10.0. The molecule has 0 fully saturated rings. The number of hydrogen-bond donors (Lipinski definition) is 0. The van der Waals surface area contributed by atoms with Gasteiger partial charge >= 0.3 is 0 Å². The molecule has 0 aliphatic rings. The number of carbonyl (C=O) groups is 1. The molecule has 0 radical (unpaired) electrons. The zero-order chi connectivity index (χ0) is 19.9. The number of methoxy groups -OCH3 is 1. The first-order valence-electron chi connectivity index (χ1n) is 9.58. The standard InChI is InChI=1S/C23H31O3P/c1-6-14-23(7-2,27-22-11-9-8-10-19(22)18(4)24)20-15-17(3)12-13-21(20)26-16-25-5/h8-13,15,27H,6-7,14,16H2,1-5H3. The Morgan fingerprint density at radius 2 is 1.89 bits per heavy atom. The van der Waals surface area contributed by atoms with E-state index in [1.54, 1.807) is 14.0 Å². The molecule has 0 N–H and O–H groups in total. The molecular weight excluding hydrogens is 355 g/mol. The monoisotopic (exact) mass is 386 g/mol. The summed E-state index contributed by atoms with van der Waals surface area (Å²) in [6.07, 6.45) is 3.10. The average molecular weight is 386 g/mol. The Labute approximate surface area is 165 Å². The summed E-state index contributed by atoms with van der Waals surface area (Å²) in [5.41, 5.74) is 3.27. The fourth-order valence-electron chi connectivity index (χ4n) is 3.57. The van der Waals surface area contributed by atoms with Crippen LogP contribution in [0.3, 0.4) is 0 Å². The predicted molar refractivity (Wildman–Crippen MR) is 115 cm³/mol. The molecule has 146 valence electrons. The smallest absolute Gasteiger partial charge is 0.188 e. The molecule has 2 atom stereocenters. The van der Waals surface area contributed by atoms with E-state index in [4.69, 9.17) is 9.47 Å². The molecule has 0 saturated heterocycles. The lowest BCUT2D eigenvalue weighted by Crippen LogP contribution is -2.25. The maximum absolute atomic E-state index is 12.2. The van der Waals surface area contributed by atoms with Crippen LogP contribution in [0.5, 0.6) is 5.75 Å². The molecule has 0 heterocycles. The second-order valence-corrected chi connectivity index (χ2v) is 8.71. The van der Waals surface area contributed by atoms with Gasteiger partial charge in [0.15, 0.2) is 12.6 Å². The second-order valence-electron chi connectivity index (χ2n) is 6.96. The zero-order valence-corrected chi connectivity index (χ0v) is 18.1. The summed E-state index contributed by atoms with van der Waals surface area (Å²) in [6.45, 7) is 8.45. The summed E-state index contributed by atoms with van der Waals surface area (Å²) in [5, 5.41) is 1.08. The molecule has 27 heavy (non-hydrogen) atoms. The Kier molecular flexibility index (Phi) is 8.01. The van der Waals surface area contributed by atoms with Crippen molar-refractivity contribution in [3.05, 3.63) is 59.2 Å². The van der Waals surface area contributed by atoms with E-state index in [1.165, 1.54) is 11.1 Å². The molecule has 3 nitrogen and oxygen atoms in total. The number of Topliss-reactive ketones (excluding diaryl/α,β-unsaturated/α-hetero) is 1. The summed E-state index contributed by atoms with van der Waals surface area (Å²) in [4.78, 5) is 12.2. The van der Waals surface area contributed by atoms with Crippen molar-refractivity contribution in [1.82, 2.24) is 0 Å². The number of ketones is 1. The highest BCUT2D eigenvalue weighted by Crippen LogP contribution is 2.51. The quantitative estimate of drug-likeness (QED) is 0.303. The summed E-state index contributed by atoms with van der Waals surface area (Å²) in [5.74, 6) is 1.00. The Balaban J connectivity index is 2.58. The lowest BCUT2D eigenvalue weighted by Gasteiger charge is -2.35. The van der Waals surface area contributed by atoms with Gasteiger partial charge in [-0.2, -0.15) is 0 Å². The third-order valence-corrected chi connectivity index (χ3v) is 7.00. The first-order chi connectivity index (χ1) is 13.0. The van der Waals surface area contributed by atoms with Crippen LogP contribution in [0.2, 0.25) is 0 Å². The third kappa shape index (κ3) is 5.18. The average Bonchev–Trinajstić information content (AvgIpc) is 2.66. The minimum absolute atomic E-state index is 0.0601. The molecule has 0 amide bonds. The Hall–Kier alpha value is -1.70.